The number of rotatable bonds is 7. The minimum absolute atomic E-state index is 0.151. The number of ketones is 1. The molecule has 0 fully saturated rings. The molecule has 0 bridgehead atoms. The summed E-state index contributed by atoms with van der Waals surface area (Å²) in [5.74, 6) is -1.32. The number of carbonyl (C=O) groups is 2. The summed E-state index contributed by atoms with van der Waals surface area (Å²) < 4.78 is 48.2. The normalized spacial score (nSPS) is 11.4. The topological polar surface area (TPSA) is 72.8 Å². The van der Waals surface area contributed by atoms with Gasteiger partial charge in [0, 0.05) is 5.56 Å². The fraction of sp³-hybridized carbons (Fsp3) is 0.158. The number of hydrogen-bond acceptors (Lipinski definition) is 4. The SMILES string of the molecule is COc1cc(C(=O)C=Cc2cccc(C(F)(F)F)c2)ccc1OCC(=O)O. The van der Waals surface area contributed by atoms with Gasteiger partial charge in [-0.2, -0.15) is 13.2 Å². The number of carboxylic acid groups (broad SMARTS) is 1. The van der Waals surface area contributed by atoms with E-state index in [-0.39, 0.29) is 22.6 Å². The Kier molecular flexibility index (Phi) is 6.23. The molecule has 0 heterocycles. The van der Waals surface area contributed by atoms with Crippen molar-refractivity contribution in [2.24, 2.45) is 0 Å². The fourth-order valence-electron chi connectivity index (χ4n) is 2.17. The largest absolute Gasteiger partial charge is 0.493 e. The molecule has 2 aromatic rings. The van der Waals surface area contributed by atoms with E-state index >= 15 is 0 Å². The minimum atomic E-state index is -4.47. The van der Waals surface area contributed by atoms with Crippen LogP contribution in [0.1, 0.15) is 21.5 Å². The smallest absolute Gasteiger partial charge is 0.416 e. The van der Waals surface area contributed by atoms with E-state index in [0.29, 0.717) is 0 Å². The number of alkyl halides is 3. The summed E-state index contributed by atoms with van der Waals surface area (Å²) >= 11 is 0. The molecule has 0 aliphatic rings. The molecule has 0 atom stereocenters. The highest BCUT2D eigenvalue weighted by molar-refractivity contribution is 6.07. The number of carbonyl (C=O) groups excluding carboxylic acids is 1. The zero-order valence-corrected chi connectivity index (χ0v) is 14.1. The summed E-state index contributed by atoms with van der Waals surface area (Å²) in [5, 5.41) is 8.63. The van der Waals surface area contributed by atoms with E-state index in [4.69, 9.17) is 14.6 Å². The van der Waals surface area contributed by atoms with Crippen LogP contribution in [0.25, 0.3) is 6.08 Å². The van der Waals surface area contributed by atoms with Gasteiger partial charge in [-0.3, -0.25) is 4.79 Å². The van der Waals surface area contributed by atoms with Gasteiger partial charge in [0.25, 0.3) is 0 Å². The van der Waals surface area contributed by atoms with Gasteiger partial charge in [0.2, 0.25) is 0 Å². The van der Waals surface area contributed by atoms with Crippen molar-refractivity contribution in [1.29, 1.82) is 0 Å². The van der Waals surface area contributed by atoms with Crippen LogP contribution in [-0.2, 0) is 11.0 Å². The van der Waals surface area contributed by atoms with Crippen LogP contribution in [0.15, 0.2) is 48.5 Å². The molecule has 142 valence electrons. The Morgan fingerprint density at radius 2 is 1.85 bits per heavy atom. The highest BCUT2D eigenvalue weighted by Gasteiger charge is 2.30. The van der Waals surface area contributed by atoms with Crippen molar-refractivity contribution in [3.8, 4) is 11.5 Å². The van der Waals surface area contributed by atoms with E-state index < -0.39 is 30.1 Å². The molecule has 0 aromatic heterocycles. The molecule has 2 aromatic carbocycles. The number of hydrogen-bond donors (Lipinski definition) is 1. The molecule has 0 saturated carbocycles. The molecule has 0 radical (unpaired) electrons. The minimum Gasteiger partial charge on any atom is -0.493 e. The lowest BCUT2D eigenvalue weighted by molar-refractivity contribution is -0.139. The van der Waals surface area contributed by atoms with Gasteiger partial charge >= 0.3 is 12.1 Å². The van der Waals surface area contributed by atoms with Gasteiger partial charge in [-0.1, -0.05) is 18.2 Å². The van der Waals surface area contributed by atoms with Gasteiger partial charge in [0.1, 0.15) is 0 Å². The summed E-state index contributed by atoms with van der Waals surface area (Å²) in [4.78, 5) is 22.8. The summed E-state index contributed by atoms with van der Waals surface area (Å²) in [7, 11) is 1.33. The number of aliphatic carboxylic acids is 1. The van der Waals surface area contributed by atoms with E-state index in [1.54, 1.807) is 0 Å². The van der Waals surface area contributed by atoms with Crippen LogP contribution in [0.4, 0.5) is 13.2 Å². The molecule has 0 aliphatic carbocycles. The van der Waals surface area contributed by atoms with Crippen molar-refractivity contribution in [3.05, 3.63) is 65.2 Å². The van der Waals surface area contributed by atoms with E-state index in [9.17, 15) is 22.8 Å². The number of benzene rings is 2. The first-order chi connectivity index (χ1) is 12.7. The summed E-state index contributed by atoms with van der Waals surface area (Å²) in [5.41, 5.74) is -0.372. The third-order valence-electron chi connectivity index (χ3n) is 3.44. The van der Waals surface area contributed by atoms with Gasteiger partial charge in [-0.15, -0.1) is 0 Å². The average molecular weight is 380 g/mol. The predicted molar refractivity (Wildman–Crippen MR) is 90.9 cm³/mol. The lowest BCUT2D eigenvalue weighted by Crippen LogP contribution is -2.10. The van der Waals surface area contributed by atoms with Crippen molar-refractivity contribution < 1.29 is 37.3 Å². The average Bonchev–Trinajstić information content (AvgIpc) is 2.63. The number of allylic oxidation sites excluding steroid dienone is 1. The van der Waals surface area contributed by atoms with Gasteiger partial charge in [0.05, 0.1) is 12.7 Å². The molecule has 0 unspecified atom stereocenters. The second-order valence-corrected chi connectivity index (χ2v) is 5.37. The standard InChI is InChI=1S/C19H15F3O5/c1-26-17-10-13(6-8-16(17)27-11-18(24)25)15(23)7-5-12-3-2-4-14(9-12)19(20,21)22/h2-10H,11H2,1H3,(H,24,25). The van der Waals surface area contributed by atoms with E-state index in [2.05, 4.69) is 0 Å². The van der Waals surface area contributed by atoms with E-state index in [0.717, 1.165) is 18.2 Å². The first-order valence-electron chi connectivity index (χ1n) is 7.63. The molecular weight excluding hydrogens is 365 g/mol. The number of halogens is 3. The molecule has 1 N–H and O–H groups in total. The number of methoxy groups -OCH3 is 1. The van der Waals surface area contributed by atoms with Gasteiger partial charge in [-0.05, 0) is 42.0 Å². The highest BCUT2D eigenvalue weighted by Crippen LogP contribution is 2.30. The highest BCUT2D eigenvalue weighted by atomic mass is 19.4. The third kappa shape index (κ3) is 5.60. The molecule has 27 heavy (non-hydrogen) atoms. The van der Waals surface area contributed by atoms with Gasteiger partial charge < -0.3 is 14.6 Å². The van der Waals surface area contributed by atoms with E-state index in [1.165, 1.54) is 43.5 Å². The predicted octanol–water partition coefficient (Wildman–Crippen LogP) is 4.07. The monoisotopic (exact) mass is 380 g/mol. The van der Waals surface area contributed by atoms with Crippen molar-refractivity contribution >= 4 is 17.8 Å². The van der Waals surface area contributed by atoms with Crippen molar-refractivity contribution in [2.45, 2.75) is 6.18 Å². The van der Waals surface area contributed by atoms with Crippen LogP contribution < -0.4 is 9.47 Å². The maximum absolute atomic E-state index is 12.7. The van der Waals surface area contributed by atoms with Gasteiger partial charge in [0.15, 0.2) is 23.9 Å². The molecular formula is C19H15F3O5. The van der Waals surface area contributed by atoms with Crippen LogP contribution in [0, 0.1) is 0 Å². The van der Waals surface area contributed by atoms with E-state index in [1.807, 2.05) is 0 Å². The maximum Gasteiger partial charge on any atom is 0.416 e. The Labute approximate surface area is 152 Å². The molecule has 0 amide bonds. The molecule has 0 saturated heterocycles. The van der Waals surface area contributed by atoms with Crippen molar-refractivity contribution in [1.82, 2.24) is 0 Å². The second kappa shape index (κ2) is 8.39. The molecule has 8 heteroatoms. The Hall–Kier alpha value is -3.29. The maximum atomic E-state index is 12.7. The third-order valence-corrected chi connectivity index (χ3v) is 3.44. The summed E-state index contributed by atoms with van der Waals surface area (Å²) in [6, 6.07) is 8.72. The molecule has 0 spiro atoms. The number of ether oxygens (including phenoxy) is 2. The van der Waals surface area contributed by atoms with Crippen molar-refractivity contribution in [2.75, 3.05) is 13.7 Å². The quantitative estimate of drug-likeness (QED) is 0.579. The fourth-order valence-corrected chi connectivity index (χ4v) is 2.17. The zero-order chi connectivity index (χ0) is 20.0. The van der Waals surface area contributed by atoms with Crippen LogP contribution in [0.2, 0.25) is 0 Å². The van der Waals surface area contributed by atoms with Crippen LogP contribution in [-0.4, -0.2) is 30.6 Å². The number of carboxylic acids is 1. The Morgan fingerprint density at radius 1 is 1.11 bits per heavy atom. The molecule has 5 nitrogen and oxygen atoms in total. The summed E-state index contributed by atoms with van der Waals surface area (Å²) in [6.07, 6.45) is -2.05. The van der Waals surface area contributed by atoms with Crippen LogP contribution in [0.5, 0.6) is 11.5 Å². The first-order valence-corrected chi connectivity index (χ1v) is 7.63. The van der Waals surface area contributed by atoms with Crippen LogP contribution in [0.3, 0.4) is 0 Å². The Morgan fingerprint density at radius 3 is 2.48 bits per heavy atom. The van der Waals surface area contributed by atoms with Gasteiger partial charge in [-0.25, -0.2) is 4.79 Å². The summed E-state index contributed by atoms with van der Waals surface area (Å²) in [6.45, 7) is -0.570. The van der Waals surface area contributed by atoms with Crippen LogP contribution >= 0.6 is 0 Å². The lowest BCUT2D eigenvalue weighted by Gasteiger charge is -2.10. The molecule has 2 rings (SSSR count). The first kappa shape index (κ1) is 20.0. The second-order valence-electron chi connectivity index (χ2n) is 5.37. The molecule has 0 aliphatic heterocycles. The Balaban J connectivity index is 2.18. The Bertz CT molecular complexity index is 872. The van der Waals surface area contributed by atoms with Crippen molar-refractivity contribution in [3.63, 3.8) is 0 Å². The lowest BCUT2D eigenvalue weighted by atomic mass is 10.1. The zero-order valence-electron chi connectivity index (χ0n) is 14.1.